The van der Waals surface area contributed by atoms with Gasteiger partial charge in [-0.25, -0.2) is 4.98 Å². The molecule has 2 fully saturated rings. The highest BCUT2D eigenvalue weighted by Gasteiger charge is 2.49. The highest BCUT2D eigenvalue weighted by atomic mass is 16.6. The summed E-state index contributed by atoms with van der Waals surface area (Å²) in [5.74, 6) is -2.24. The Labute approximate surface area is 234 Å². The SMILES string of the molecule is CC(C)C[C@H](CC(=O)[C@H](Cc1ccccc1)NC(=O)c1cnccn1)B1OC(=O)[C@@H]2CN(C)C[C@@H](C(=O)O1)N2C. The summed E-state index contributed by atoms with van der Waals surface area (Å²) < 4.78 is 11.5. The molecular weight excluding hydrogens is 513 g/mol. The third-order valence-corrected chi connectivity index (χ3v) is 7.36. The van der Waals surface area contributed by atoms with Crippen molar-refractivity contribution in [2.75, 3.05) is 27.2 Å². The molecule has 0 unspecified atom stereocenters. The van der Waals surface area contributed by atoms with Gasteiger partial charge in [-0.1, -0.05) is 44.2 Å². The van der Waals surface area contributed by atoms with Gasteiger partial charge < -0.3 is 19.5 Å². The van der Waals surface area contributed by atoms with E-state index in [0.29, 0.717) is 19.5 Å². The van der Waals surface area contributed by atoms with Gasteiger partial charge in [-0.2, -0.15) is 0 Å². The van der Waals surface area contributed by atoms with Gasteiger partial charge in [0.2, 0.25) is 0 Å². The second-order valence-electron chi connectivity index (χ2n) is 11.0. The van der Waals surface area contributed by atoms with Gasteiger partial charge in [0, 0.05) is 37.7 Å². The van der Waals surface area contributed by atoms with Crippen LogP contribution in [-0.4, -0.2) is 95.8 Å². The van der Waals surface area contributed by atoms with E-state index in [1.807, 2.05) is 56.1 Å². The molecule has 3 heterocycles. The Morgan fingerprint density at radius 2 is 1.70 bits per heavy atom. The van der Waals surface area contributed by atoms with Crippen molar-refractivity contribution in [3.05, 3.63) is 60.2 Å². The lowest BCUT2D eigenvalue weighted by Gasteiger charge is -2.43. The molecule has 4 atom stereocenters. The highest BCUT2D eigenvalue weighted by molar-refractivity contribution is 6.51. The van der Waals surface area contributed by atoms with E-state index in [4.69, 9.17) is 9.31 Å². The maximum Gasteiger partial charge on any atom is 0.602 e. The summed E-state index contributed by atoms with van der Waals surface area (Å²) in [6.07, 6.45) is 4.86. The number of nitrogens with zero attached hydrogens (tertiary/aromatic N) is 4. The van der Waals surface area contributed by atoms with Crippen molar-refractivity contribution >= 4 is 30.7 Å². The first-order valence-electron chi connectivity index (χ1n) is 13.6. The van der Waals surface area contributed by atoms with E-state index in [1.165, 1.54) is 18.6 Å². The monoisotopic (exact) mass is 549 g/mol. The molecule has 4 rings (SSSR count). The maximum absolute atomic E-state index is 13.8. The average Bonchev–Trinajstić information content (AvgIpc) is 2.93. The van der Waals surface area contributed by atoms with E-state index in [1.54, 1.807) is 11.9 Å². The molecule has 2 saturated heterocycles. The molecule has 2 aliphatic heterocycles. The summed E-state index contributed by atoms with van der Waals surface area (Å²) in [7, 11) is 2.35. The van der Waals surface area contributed by atoms with Gasteiger partial charge >= 0.3 is 19.1 Å². The van der Waals surface area contributed by atoms with Crippen molar-refractivity contribution in [1.29, 1.82) is 0 Å². The summed E-state index contributed by atoms with van der Waals surface area (Å²) in [5.41, 5.74) is 0.958. The van der Waals surface area contributed by atoms with Gasteiger partial charge in [-0.3, -0.25) is 29.1 Å². The average molecular weight is 549 g/mol. The van der Waals surface area contributed by atoms with Crippen molar-refractivity contribution in [2.24, 2.45) is 5.92 Å². The van der Waals surface area contributed by atoms with E-state index in [-0.39, 0.29) is 30.2 Å². The molecule has 1 N–H and O–H groups in total. The molecule has 2 bridgehead atoms. The number of ketones is 1. The van der Waals surface area contributed by atoms with Crippen LogP contribution in [0.25, 0.3) is 0 Å². The molecule has 12 heteroatoms. The van der Waals surface area contributed by atoms with Crippen LogP contribution >= 0.6 is 0 Å². The number of Topliss-reactive ketones (excluding diaryl/α,β-unsaturated/α-hetero) is 1. The zero-order chi connectivity index (χ0) is 28.8. The zero-order valence-electron chi connectivity index (χ0n) is 23.4. The number of benzene rings is 1. The quantitative estimate of drug-likeness (QED) is 0.434. The standard InChI is InChI=1S/C28H36BN5O6/c1-18(2)12-20(29-39-27(37)23-16-33(3)17-24(34(23)4)28(38)40-29)14-25(35)21(13-19-8-6-5-7-9-19)32-26(36)22-15-30-10-11-31-22/h5-11,15,18,20-21,23-24H,12-14,16-17H2,1-4H3,(H,32,36)/t20-,21+,23+,24+/m1/s1. The second kappa shape index (κ2) is 13.1. The molecule has 0 aliphatic carbocycles. The zero-order valence-corrected chi connectivity index (χ0v) is 23.4. The van der Waals surface area contributed by atoms with E-state index < -0.39 is 48.9 Å². The van der Waals surface area contributed by atoms with Crippen LogP contribution in [0.3, 0.4) is 0 Å². The Morgan fingerprint density at radius 1 is 1.05 bits per heavy atom. The summed E-state index contributed by atoms with van der Waals surface area (Å²) in [4.78, 5) is 64.7. The van der Waals surface area contributed by atoms with Crippen LogP contribution in [0.1, 0.15) is 42.7 Å². The third kappa shape index (κ3) is 7.31. The van der Waals surface area contributed by atoms with Gasteiger partial charge in [0.15, 0.2) is 5.78 Å². The molecule has 1 aromatic heterocycles. The predicted octanol–water partition coefficient (Wildman–Crippen LogP) is 1.40. The summed E-state index contributed by atoms with van der Waals surface area (Å²) in [6.45, 7) is 4.82. The lowest BCUT2D eigenvalue weighted by atomic mass is 9.64. The number of aromatic nitrogens is 2. The van der Waals surface area contributed by atoms with Crippen molar-refractivity contribution in [3.8, 4) is 0 Å². The largest absolute Gasteiger partial charge is 0.602 e. The smallest absolute Gasteiger partial charge is 0.498 e. The topological polar surface area (TPSA) is 131 Å². The van der Waals surface area contributed by atoms with Gasteiger partial charge in [0.05, 0.1) is 12.2 Å². The highest BCUT2D eigenvalue weighted by Crippen LogP contribution is 2.30. The Bertz CT molecular complexity index is 1170. The van der Waals surface area contributed by atoms with Crippen molar-refractivity contribution in [2.45, 2.75) is 57.1 Å². The molecular formula is C28H36BN5O6. The maximum atomic E-state index is 13.8. The van der Waals surface area contributed by atoms with Gasteiger partial charge in [0.25, 0.3) is 5.91 Å². The van der Waals surface area contributed by atoms with Crippen LogP contribution < -0.4 is 5.32 Å². The fraction of sp³-hybridized carbons (Fsp3) is 0.500. The van der Waals surface area contributed by atoms with Crippen LogP contribution in [0.4, 0.5) is 0 Å². The van der Waals surface area contributed by atoms with Gasteiger partial charge in [-0.05, 0) is 38.4 Å². The van der Waals surface area contributed by atoms with Crippen LogP contribution in [0.2, 0.25) is 5.82 Å². The Balaban J connectivity index is 1.56. The summed E-state index contributed by atoms with van der Waals surface area (Å²) in [6, 6.07) is 7.24. The minimum Gasteiger partial charge on any atom is -0.498 e. The lowest BCUT2D eigenvalue weighted by Crippen LogP contribution is -2.64. The van der Waals surface area contributed by atoms with Crippen LogP contribution in [0.15, 0.2) is 48.9 Å². The Morgan fingerprint density at radius 3 is 2.27 bits per heavy atom. The molecule has 0 spiro atoms. The van der Waals surface area contributed by atoms with Gasteiger partial charge in [-0.15, -0.1) is 0 Å². The second-order valence-corrected chi connectivity index (χ2v) is 11.0. The summed E-state index contributed by atoms with van der Waals surface area (Å²) in [5, 5.41) is 2.81. The Hall–Kier alpha value is -3.64. The summed E-state index contributed by atoms with van der Waals surface area (Å²) >= 11 is 0. The molecule has 0 saturated carbocycles. The first-order valence-corrected chi connectivity index (χ1v) is 13.6. The number of amides is 1. The van der Waals surface area contributed by atoms with Crippen molar-refractivity contribution < 1.29 is 28.5 Å². The minimum atomic E-state index is -1.21. The van der Waals surface area contributed by atoms with E-state index in [2.05, 4.69) is 15.3 Å². The molecule has 40 heavy (non-hydrogen) atoms. The molecule has 11 nitrogen and oxygen atoms in total. The normalized spacial score (nSPS) is 21.6. The molecule has 0 radical (unpaired) electrons. The first kappa shape index (κ1) is 29.4. The van der Waals surface area contributed by atoms with Gasteiger partial charge in [0.1, 0.15) is 17.8 Å². The number of hydrogen-bond acceptors (Lipinski definition) is 10. The lowest BCUT2D eigenvalue weighted by molar-refractivity contribution is -0.159. The molecule has 1 amide bonds. The predicted molar refractivity (Wildman–Crippen MR) is 147 cm³/mol. The number of hydrogen-bond donors (Lipinski definition) is 1. The van der Waals surface area contributed by atoms with Crippen molar-refractivity contribution in [3.63, 3.8) is 0 Å². The van der Waals surface area contributed by atoms with E-state index in [9.17, 15) is 19.2 Å². The van der Waals surface area contributed by atoms with Crippen LogP contribution in [0.5, 0.6) is 0 Å². The number of rotatable bonds is 10. The number of nitrogens with one attached hydrogen (secondary N) is 1. The molecule has 2 aliphatic rings. The fourth-order valence-corrected chi connectivity index (χ4v) is 5.26. The first-order chi connectivity index (χ1) is 19.1. The fourth-order valence-electron chi connectivity index (χ4n) is 5.26. The number of piperazine rings is 1. The molecule has 1 aromatic carbocycles. The number of fused-ring (bicyclic) bond motifs is 2. The number of carbonyl (C=O) groups is 4. The Kier molecular flexibility index (Phi) is 9.65. The minimum absolute atomic E-state index is 0.0628. The number of carbonyl (C=O) groups excluding carboxylic acids is 4. The molecule has 2 aromatic rings. The molecule has 212 valence electrons. The van der Waals surface area contributed by atoms with Crippen molar-refractivity contribution in [1.82, 2.24) is 25.1 Å². The van der Waals surface area contributed by atoms with Crippen LogP contribution in [0, 0.1) is 5.92 Å². The van der Waals surface area contributed by atoms with E-state index in [0.717, 1.165) is 5.56 Å². The number of likely N-dealkylation sites (N-methyl/N-ethyl adjacent to an activating group) is 2. The van der Waals surface area contributed by atoms with E-state index >= 15 is 0 Å². The van der Waals surface area contributed by atoms with Crippen LogP contribution in [-0.2, 0) is 30.1 Å². The third-order valence-electron chi connectivity index (χ3n) is 7.36.